The fraction of sp³-hybridized carbons (Fsp3) is 0. The van der Waals surface area contributed by atoms with Gasteiger partial charge in [-0.05, 0) is 51.6 Å². The molecule has 7 aromatic carbocycles. The van der Waals surface area contributed by atoms with Crippen LogP contribution >= 0.6 is 0 Å². The molecule has 0 spiro atoms. The first-order chi connectivity index (χ1) is 24.3. The largest absolute Gasteiger partial charge is 0.456 e. The van der Waals surface area contributed by atoms with E-state index in [1.807, 2.05) is 84.9 Å². The first-order valence-corrected chi connectivity index (χ1v) is 16.4. The Bertz CT molecular complexity index is 2520. The Hall–Kier alpha value is -6.65. The maximum Gasteiger partial charge on any atom is 0.164 e. The van der Waals surface area contributed by atoms with Gasteiger partial charge < -0.3 is 4.42 Å². The molecular formula is C45H29N3O. The van der Waals surface area contributed by atoms with Gasteiger partial charge in [0.25, 0.3) is 0 Å². The first-order valence-electron chi connectivity index (χ1n) is 16.4. The molecule has 0 saturated carbocycles. The number of aromatic nitrogens is 3. The van der Waals surface area contributed by atoms with Gasteiger partial charge in [-0.25, -0.2) is 15.0 Å². The van der Waals surface area contributed by atoms with Crippen LogP contribution in [0.25, 0.3) is 89.5 Å². The number of hydrogen-bond acceptors (Lipinski definition) is 4. The Labute approximate surface area is 284 Å². The van der Waals surface area contributed by atoms with E-state index in [1.165, 1.54) is 16.7 Å². The van der Waals surface area contributed by atoms with Crippen molar-refractivity contribution < 1.29 is 4.42 Å². The van der Waals surface area contributed by atoms with Crippen LogP contribution in [0.2, 0.25) is 0 Å². The number of hydrogen-bond donors (Lipinski definition) is 0. The minimum Gasteiger partial charge on any atom is -0.456 e. The van der Waals surface area contributed by atoms with Gasteiger partial charge in [0.15, 0.2) is 17.5 Å². The molecule has 2 heterocycles. The van der Waals surface area contributed by atoms with Gasteiger partial charge >= 0.3 is 0 Å². The molecule has 9 rings (SSSR count). The Morgan fingerprint density at radius 1 is 0.286 bits per heavy atom. The van der Waals surface area contributed by atoms with Crippen molar-refractivity contribution in [3.05, 3.63) is 176 Å². The minimum absolute atomic E-state index is 0.600. The number of benzene rings is 7. The normalized spacial score (nSPS) is 11.3. The second-order valence-corrected chi connectivity index (χ2v) is 12.0. The highest BCUT2D eigenvalue weighted by molar-refractivity contribution is 6.17. The molecule has 0 N–H and O–H groups in total. The summed E-state index contributed by atoms with van der Waals surface area (Å²) < 4.78 is 6.51. The molecule has 0 aliphatic carbocycles. The second-order valence-electron chi connectivity index (χ2n) is 12.0. The van der Waals surface area contributed by atoms with Gasteiger partial charge in [-0.1, -0.05) is 158 Å². The summed E-state index contributed by atoms with van der Waals surface area (Å²) in [5.41, 5.74) is 11.3. The van der Waals surface area contributed by atoms with Crippen LogP contribution in [0.3, 0.4) is 0 Å². The molecule has 0 atom stereocenters. The highest BCUT2D eigenvalue weighted by Crippen LogP contribution is 2.42. The van der Waals surface area contributed by atoms with Crippen molar-refractivity contribution in [2.45, 2.75) is 0 Å². The molecule has 0 saturated heterocycles. The van der Waals surface area contributed by atoms with Crippen molar-refractivity contribution in [3.63, 3.8) is 0 Å². The van der Waals surface area contributed by atoms with Crippen LogP contribution in [-0.4, -0.2) is 15.0 Å². The van der Waals surface area contributed by atoms with Gasteiger partial charge in [0.05, 0.1) is 0 Å². The van der Waals surface area contributed by atoms with E-state index in [9.17, 15) is 0 Å². The van der Waals surface area contributed by atoms with Crippen LogP contribution in [0.5, 0.6) is 0 Å². The summed E-state index contributed by atoms with van der Waals surface area (Å²) in [5, 5.41) is 2.02. The molecule has 2 aromatic heterocycles. The quantitative estimate of drug-likeness (QED) is 0.184. The topological polar surface area (TPSA) is 51.8 Å². The maximum absolute atomic E-state index is 6.51. The molecule has 49 heavy (non-hydrogen) atoms. The van der Waals surface area contributed by atoms with Crippen LogP contribution < -0.4 is 0 Å². The monoisotopic (exact) mass is 627 g/mol. The summed E-state index contributed by atoms with van der Waals surface area (Å²) >= 11 is 0. The van der Waals surface area contributed by atoms with Crippen molar-refractivity contribution in [2.75, 3.05) is 0 Å². The van der Waals surface area contributed by atoms with E-state index in [0.29, 0.717) is 17.5 Å². The van der Waals surface area contributed by atoms with E-state index >= 15 is 0 Å². The molecule has 0 bridgehead atoms. The van der Waals surface area contributed by atoms with Crippen LogP contribution in [0.15, 0.2) is 180 Å². The zero-order valence-corrected chi connectivity index (χ0v) is 26.5. The summed E-state index contributed by atoms with van der Waals surface area (Å²) in [6, 6.07) is 60.5. The highest BCUT2D eigenvalue weighted by atomic mass is 16.3. The predicted molar refractivity (Wildman–Crippen MR) is 200 cm³/mol. The lowest BCUT2D eigenvalue weighted by Crippen LogP contribution is -2.00. The smallest absolute Gasteiger partial charge is 0.164 e. The van der Waals surface area contributed by atoms with Crippen molar-refractivity contribution in [2.24, 2.45) is 0 Å². The van der Waals surface area contributed by atoms with Crippen molar-refractivity contribution in [1.82, 2.24) is 15.0 Å². The zero-order chi connectivity index (χ0) is 32.6. The zero-order valence-electron chi connectivity index (χ0n) is 26.5. The number of furan rings is 1. The van der Waals surface area contributed by atoms with Crippen molar-refractivity contribution in [1.29, 1.82) is 0 Å². The van der Waals surface area contributed by atoms with Gasteiger partial charge in [0.2, 0.25) is 0 Å². The number of rotatable bonds is 6. The maximum atomic E-state index is 6.51. The average Bonchev–Trinajstić information content (AvgIpc) is 3.58. The molecular weight excluding hydrogens is 599 g/mol. The van der Waals surface area contributed by atoms with Gasteiger partial charge in [0.1, 0.15) is 11.2 Å². The molecule has 0 fully saturated rings. The Morgan fingerprint density at radius 3 is 1.29 bits per heavy atom. The third kappa shape index (κ3) is 5.35. The van der Waals surface area contributed by atoms with Crippen LogP contribution in [0, 0.1) is 0 Å². The van der Waals surface area contributed by atoms with Gasteiger partial charge in [-0.2, -0.15) is 0 Å². The average molecular weight is 628 g/mol. The minimum atomic E-state index is 0.600. The summed E-state index contributed by atoms with van der Waals surface area (Å²) in [4.78, 5) is 15.0. The molecule has 0 amide bonds. The van der Waals surface area contributed by atoms with E-state index in [4.69, 9.17) is 19.4 Å². The molecule has 4 heteroatoms. The lowest BCUT2D eigenvalue weighted by atomic mass is 9.94. The third-order valence-electron chi connectivity index (χ3n) is 8.96. The van der Waals surface area contributed by atoms with Gasteiger partial charge in [-0.15, -0.1) is 0 Å². The predicted octanol–water partition coefficient (Wildman–Crippen LogP) is 11.8. The van der Waals surface area contributed by atoms with E-state index in [2.05, 4.69) is 91.0 Å². The standard InChI is InChI=1S/C45H29N3O/c1-4-13-30(14-5-1)31-25-27-32(28-26-31)35-19-10-20-36(29-35)37-21-11-23-39-41(37)42-38(22-12-24-40(42)49-39)45-47-43(33-15-6-2-7-16-33)46-44(48-45)34-17-8-3-9-18-34/h1-29H. The summed E-state index contributed by atoms with van der Waals surface area (Å²) in [6.45, 7) is 0. The Morgan fingerprint density at radius 2 is 0.694 bits per heavy atom. The van der Waals surface area contributed by atoms with Gasteiger partial charge in [0, 0.05) is 27.5 Å². The summed E-state index contributed by atoms with van der Waals surface area (Å²) in [6.07, 6.45) is 0. The third-order valence-corrected chi connectivity index (χ3v) is 8.96. The fourth-order valence-electron chi connectivity index (χ4n) is 6.57. The summed E-state index contributed by atoms with van der Waals surface area (Å²) in [5.74, 6) is 1.85. The Balaban J connectivity index is 1.20. The first kappa shape index (κ1) is 28.6. The van der Waals surface area contributed by atoms with Crippen molar-refractivity contribution in [3.8, 4) is 67.5 Å². The van der Waals surface area contributed by atoms with E-state index < -0.39 is 0 Å². The fourth-order valence-corrected chi connectivity index (χ4v) is 6.57. The molecule has 230 valence electrons. The SMILES string of the molecule is c1ccc(-c2ccc(-c3cccc(-c4cccc5oc6cccc(-c7nc(-c8ccccc8)nc(-c8ccccc8)n7)c6c45)c3)cc2)cc1. The number of fused-ring (bicyclic) bond motifs is 3. The molecule has 0 aliphatic heterocycles. The molecule has 4 nitrogen and oxygen atoms in total. The lowest BCUT2D eigenvalue weighted by molar-refractivity contribution is 0.669. The van der Waals surface area contributed by atoms with E-state index in [0.717, 1.165) is 55.3 Å². The van der Waals surface area contributed by atoms with Gasteiger partial charge in [-0.3, -0.25) is 0 Å². The molecule has 9 aromatic rings. The second kappa shape index (κ2) is 12.2. The van der Waals surface area contributed by atoms with Crippen LogP contribution in [-0.2, 0) is 0 Å². The molecule has 0 unspecified atom stereocenters. The van der Waals surface area contributed by atoms with Crippen LogP contribution in [0.4, 0.5) is 0 Å². The lowest BCUT2D eigenvalue weighted by Gasteiger charge is -2.11. The summed E-state index contributed by atoms with van der Waals surface area (Å²) in [7, 11) is 0. The van der Waals surface area contributed by atoms with Crippen molar-refractivity contribution >= 4 is 21.9 Å². The molecule has 0 radical (unpaired) electrons. The van der Waals surface area contributed by atoms with E-state index in [1.54, 1.807) is 0 Å². The highest BCUT2D eigenvalue weighted by Gasteiger charge is 2.20. The number of nitrogens with zero attached hydrogens (tertiary/aromatic N) is 3. The molecule has 0 aliphatic rings. The Kier molecular flexibility index (Phi) is 7.10. The van der Waals surface area contributed by atoms with Crippen LogP contribution in [0.1, 0.15) is 0 Å². The van der Waals surface area contributed by atoms with E-state index in [-0.39, 0.29) is 0 Å².